The molecule has 0 aliphatic rings. The van der Waals surface area contributed by atoms with E-state index in [2.05, 4.69) is 10.5 Å². The molecule has 0 heterocycles. The van der Waals surface area contributed by atoms with E-state index in [1.165, 1.54) is 4.90 Å². The van der Waals surface area contributed by atoms with Crippen molar-refractivity contribution in [2.75, 3.05) is 6.26 Å². The minimum Gasteiger partial charge on any atom is -0.267 e. The first-order valence-electron chi connectivity index (χ1n) is 6.23. The lowest BCUT2D eigenvalue weighted by Gasteiger charge is -2.00. The smallest absolute Gasteiger partial charge is 0.267 e. The molecule has 0 aliphatic carbocycles. The minimum absolute atomic E-state index is 0.206. The quantitative estimate of drug-likeness (QED) is 0.530. The molecule has 3 nitrogen and oxygen atoms in total. The molecular weight excluding hydrogens is 268 g/mol. The fourth-order valence-electron chi connectivity index (χ4n) is 1.62. The zero-order valence-corrected chi connectivity index (χ0v) is 12.3. The number of thioether (sulfide) groups is 1. The summed E-state index contributed by atoms with van der Waals surface area (Å²) in [6, 6.07) is 15.3. The highest BCUT2D eigenvalue weighted by Crippen LogP contribution is 2.13. The summed E-state index contributed by atoms with van der Waals surface area (Å²) < 4.78 is 0. The number of rotatable bonds is 4. The summed E-state index contributed by atoms with van der Waals surface area (Å²) in [5.74, 6) is -0.206. The third-order valence-electron chi connectivity index (χ3n) is 2.81. The highest BCUT2D eigenvalue weighted by atomic mass is 32.2. The predicted molar refractivity (Wildman–Crippen MR) is 84.5 cm³/mol. The van der Waals surface area contributed by atoms with Crippen molar-refractivity contribution < 1.29 is 4.79 Å². The van der Waals surface area contributed by atoms with Crippen molar-refractivity contribution in [3.05, 3.63) is 65.2 Å². The number of carbonyl (C=O) groups is 1. The van der Waals surface area contributed by atoms with Gasteiger partial charge in [-0.2, -0.15) is 5.10 Å². The average molecular weight is 284 g/mol. The van der Waals surface area contributed by atoms with Gasteiger partial charge in [0, 0.05) is 10.5 Å². The van der Waals surface area contributed by atoms with Gasteiger partial charge in [-0.15, -0.1) is 11.8 Å². The Morgan fingerprint density at radius 2 is 1.75 bits per heavy atom. The van der Waals surface area contributed by atoms with Gasteiger partial charge >= 0.3 is 0 Å². The molecule has 1 N–H and O–H groups in total. The molecule has 4 heteroatoms. The molecule has 2 aromatic rings. The molecule has 102 valence electrons. The molecule has 20 heavy (non-hydrogen) atoms. The van der Waals surface area contributed by atoms with Crippen LogP contribution in [0.3, 0.4) is 0 Å². The Balaban J connectivity index is 1.95. The first-order chi connectivity index (χ1) is 9.69. The zero-order chi connectivity index (χ0) is 14.4. The molecule has 0 unspecified atom stereocenters. The number of nitrogens with one attached hydrogen (secondary N) is 1. The third kappa shape index (κ3) is 3.96. The maximum absolute atomic E-state index is 11.8. The second-order valence-electron chi connectivity index (χ2n) is 4.34. The molecule has 0 fully saturated rings. The molecule has 0 saturated heterocycles. The average Bonchev–Trinajstić information content (AvgIpc) is 2.48. The molecule has 0 spiro atoms. The summed E-state index contributed by atoms with van der Waals surface area (Å²) in [5, 5.41) is 3.96. The number of hydrogen-bond donors (Lipinski definition) is 1. The highest BCUT2D eigenvalue weighted by molar-refractivity contribution is 7.98. The highest BCUT2D eigenvalue weighted by Gasteiger charge is 2.02. The van der Waals surface area contributed by atoms with Gasteiger partial charge in [-0.3, -0.25) is 4.79 Å². The molecular formula is C16H16N2OS. The number of nitrogens with zero attached hydrogens (tertiary/aromatic N) is 1. The fraction of sp³-hybridized carbons (Fsp3) is 0.125. The fourth-order valence-corrected chi connectivity index (χ4v) is 2.03. The number of hydrazone groups is 1. The Hall–Kier alpha value is -2.07. The van der Waals surface area contributed by atoms with Crippen molar-refractivity contribution >= 4 is 23.9 Å². The zero-order valence-electron chi connectivity index (χ0n) is 11.5. The molecule has 2 rings (SSSR count). The van der Waals surface area contributed by atoms with Crippen LogP contribution in [0, 0.1) is 6.92 Å². The summed E-state index contributed by atoms with van der Waals surface area (Å²) in [5.41, 5.74) is 5.20. The van der Waals surface area contributed by atoms with Crippen LogP contribution in [0.2, 0.25) is 0 Å². The lowest BCUT2D eigenvalue weighted by Crippen LogP contribution is -2.17. The van der Waals surface area contributed by atoms with E-state index in [1.54, 1.807) is 30.1 Å². The summed E-state index contributed by atoms with van der Waals surface area (Å²) >= 11 is 1.69. The maximum Gasteiger partial charge on any atom is 0.271 e. The minimum atomic E-state index is -0.206. The van der Waals surface area contributed by atoms with E-state index < -0.39 is 0 Å². The number of hydrogen-bond acceptors (Lipinski definition) is 3. The van der Waals surface area contributed by atoms with Crippen LogP contribution in [0.5, 0.6) is 0 Å². The summed E-state index contributed by atoms with van der Waals surface area (Å²) in [7, 11) is 0. The van der Waals surface area contributed by atoms with Gasteiger partial charge in [0.2, 0.25) is 0 Å². The Morgan fingerprint density at radius 1 is 1.10 bits per heavy atom. The van der Waals surface area contributed by atoms with Crippen molar-refractivity contribution in [2.45, 2.75) is 11.8 Å². The Morgan fingerprint density at radius 3 is 2.35 bits per heavy atom. The van der Waals surface area contributed by atoms with E-state index >= 15 is 0 Å². The molecule has 0 aromatic heterocycles. The van der Waals surface area contributed by atoms with Crippen molar-refractivity contribution in [1.82, 2.24) is 5.43 Å². The maximum atomic E-state index is 11.8. The molecule has 0 bridgehead atoms. The van der Waals surface area contributed by atoms with Crippen molar-refractivity contribution in [3.63, 3.8) is 0 Å². The van der Waals surface area contributed by atoms with Gasteiger partial charge in [-0.1, -0.05) is 29.8 Å². The van der Waals surface area contributed by atoms with Crippen LogP contribution in [-0.2, 0) is 0 Å². The van der Waals surface area contributed by atoms with E-state index in [0.717, 1.165) is 11.1 Å². The first kappa shape index (κ1) is 14.3. The van der Waals surface area contributed by atoms with E-state index in [1.807, 2.05) is 49.6 Å². The van der Waals surface area contributed by atoms with E-state index in [-0.39, 0.29) is 5.91 Å². The second kappa shape index (κ2) is 6.91. The van der Waals surface area contributed by atoms with Crippen molar-refractivity contribution in [2.24, 2.45) is 5.10 Å². The second-order valence-corrected chi connectivity index (χ2v) is 5.22. The Labute approximate surface area is 123 Å². The van der Waals surface area contributed by atoms with Gasteiger partial charge in [0.25, 0.3) is 5.91 Å². The summed E-state index contributed by atoms with van der Waals surface area (Å²) in [6.45, 7) is 1.98. The number of aryl methyl sites for hydroxylation is 1. The van der Waals surface area contributed by atoms with Crippen LogP contribution < -0.4 is 5.43 Å². The van der Waals surface area contributed by atoms with E-state index in [9.17, 15) is 4.79 Å². The number of carbonyl (C=O) groups excluding carboxylic acids is 1. The Kier molecular flexibility index (Phi) is 4.96. The van der Waals surface area contributed by atoms with Crippen molar-refractivity contribution in [1.29, 1.82) is 0 Å². The van der Waals surface area contributed by atoms with E-state index in [0.29, 0.717) is 5.56 Å². The van der Waals surface area contributed by atoms with Crippen LogP contribution in [-0.4, -0.2) is 18.4 Å². The van der Waals surface area contributed by atoms with E-state index in [4.69, 9.17) is 0 Å². The van der Waals surface area contributed by atoms with Crippen LogP contribution in [0.4, 0.5) is 0 Å². The van der Waals surface area contributed by atoms with Gasteiger partial charge in [-0.05, 0) is 43.0 Å². The standard InChI is InChI=1S/C16H16N2OS/c1-12-3-7-14(8-4-12)16(19)18-17-11-13-5-9-15(20-2)10-6-13/h3-11H,1-2H3,(H,18,19)/b17-11-. The Bertz CT molecular complexity index is 603. The summed E-state index contributed by atoms with van der Waals surface area (Å²) in [4.78, 5) is 13.0. The van der Waals surface area contributed by atoms with Crippen molar-refractivity contribution in [3.8, 4) is 0 Å². The molecule has 1 amide bonds. The normalized spacial score (nSPS) is 10.7. The molecule has 0 saturated carbocycles. The number of benzene rings is 2. The number of amides is 1. The SMILES string of the molecule is CSc1ccc(/C=N\NC(=O)c2ccc(C)cc2)cc1. The van der Waals surface area contributed by atoms with Gasteiger partial charge in [0.05, 0.1) is 6.21 Å². The van der Waals surface area contributed by atoms with Crippen LogP contribution in [0.15, 0.2) is 58.5 Å². The lowest BCUT2D eigenvalue weighted by atomic mass is 10.1. The molecule has 0 radical (unpaired) electrons. The van der Waals surface area contributed by atoms with Gasteiger partial charge in [0.1, 0.15) is 0 Å². The topological polar surface area (TPSA) is 41.5 Å². The van der Waals surface area contributed by atoms with Crippen LogP contribution >= 0.6 is 11.8 Å². The van der Waals surface area contributed by atoms with Crippen LogP contribution in [0.25, 0.3) is 0 Å². The molecule has 2 aromatic carbocycles. The third-order valence-corrected chi connectivity index (χ3v) is 3.55. The summed E-state index contributed by atoms with van der Waals surface area (Å²) in [6.07, 6.45) is 3.67. The molecule has 0 atom stereocenters. The predicted octanol–water partition coefficient (Wildman–Crippen LogP) is 3.48. The first-order valence-corrected chi connectivity index (χ1v) is 7.45. The molecule has 0 aliphatic heterocycles. The largest absolute Gasteiger partial charge is 0.271 e. The van der Waals surface area contributed by atoms with Gasteiger partial charge in [0.15, 0.2) is 0 Å². The lowest BCUT2D eigenvalue weighted by molar-refractivity contribution is 0.0955. The van der Waals surface area contributed by atoms with Gasteiger partial charge in [-0.25, -0.2) is 5.43 Å². The monoisotopic (exact) mass is 284 g/mol. The van der Waals surface area contributed by atoms with Crippen LogP contribution in [0.1, 0.15) is 21.5 Å². The van der Waals surface area contributed by atoms with Gasteiger partial charge < -0.3 is 0 Å².